The molecule has 5 N–H and O–H groups in total. The quantitative estimate of drug-likeness (QED) is 0.240. The lowest BCUT2D eigenvalue weighted by molar-refractivity contribution is -0.117. The number of nitrogens with two attached hydrogens (primary N) is 1. The summed E-state index contributed by atoms with van der Waals surface area (Å²) in [5, 5.41) is 13.2. The van der Waals surface area contributed by atoms with E-state index in [1.165, 1.54) is 7.05 Å². The van der Waals surface area contributed by atoms with E-state index >= 15 is 0 Å². The maximum absolute atomic E-state index is 12.9. The summed E-state index contributed by atoms with van der Waals surface area (Å²) >= 11 is 0. The second-order valence-corrected chi connectivity index (χ2v) is 7.70. The lowest BCUT2D eigenvalue weighted by Crippen LogP contribution is -2.37. The van der Waals surface area contributed by atoms with Gasteiger partial charge >= 0.3 is 0 Å². The predicted octanol–water partition coefficient (Wildman–Crippen LogP) is 2.26. The largest absolute Gasteiger partial charge is 0.404 e. The topological polar surface area (TPSA) is 163 Å². The van der Waals surface area contributed by atoms with Crippen LogP contribution in [-0.4, -0.2) is 64.0 Å². The summed E-state index contributed by atoms with van der Waals surface area (Å²) in [5.74, 6) is -0.635. The molecule has 2 aromatic heterocycles. The molecule has 0 atom stereocenters. The van der Waals surface area contributed by atoms with Crippen molar-refractivity contribution in [2.24, 2.45) is 15.7 Å². The molecule has 3 rings (SSSR count). The molecule has 0 fully saturated rings. The SMILES string of the molecule is CCCN=CCC(=N)CNC(=O)C(=CN)C(=NC)C(=O)Nc1ccn2cc(-c3ccccc3)nc2n1. The summed E-state index contributed by atoms with van der Waals surface area (Å²) in [5.41, 5.74) is 7.32. The highest BCUT2D eigenvalue weighted by Gasteiger charge is 2.22. The summed E-state index contributed by atoms with van der Waals surface area (Å²) in [6.45, 7) is 2.71. The van der Waals surface area contributed by atoms with Gasteiger partial charge in [0, 0.05) is 56.1 Å². The zero-order chi connectivity index (χ0) is 25.9. The fraction of sp³-hybridized carbons (Fsp3) is 0.240. The Labute approximate surface area is 208 Å². The van der Waals surface area contributed by atoms with Crippen molar-refractivity contribution in [2.75, 3.05) is 25.5 Å². The van der Waals surface area contributed by atoms with Crippen molar-refractivity contribution in [1.82, 2.24) is 19.7 Å². The molecule has 3 aromatic rings. The number of nitrogens with zero attached hydrogens (tertiary/aromatic N) is 5. The third kappa shape index (κ3) is 6.69. The molecule has 0 aliphatic heterocycles. The molecular weight excluding hydrogens is 458 g/mol. The second kappa shape index (κ2) is 12.7. The van der Waals surface area contributed by atoms with Crippen LogP contribution in [0.2, 0.25) is 0 Å². The van der Waals surface area contributed by atoms with Gasteiger partial charge in [-0.2, -0.15) is 4.98 Å². The van der Waals surface area contributed by atoms with Gasteiger partial charge < -0.3 is 21.8 Å². The number of benzene rings is 1. The molecule has 0 saturated carbocycles. The number of anilines is 1. The van der Waals surface area contributed by atoms with Crippen molar-refractivity contribution in [3.63, 3.8) is 0 Å². The molecule has 0 saturated heterocycles. The first-order chi connectivity index (χ1) is 17.5. The molecular formula is C25H29N9O2. The number of amides is 2. The number of imidazole rings is 1. The summed E-state index contributed by atoms with van der Waals surface area (Å²) < 4.78 is 1.74. The van der Waals surface area contributed by atoms with Crippen LogP contribution in [0.1, 0.15) is 19.8 Å². The fourth-order valence-electron chi connectivity index (χ4n) is 3.22. The number of aromatic nitrogens is 3. The first-order valence-electron chi connectivity index (χ1n) is 11.4. The maximum atomic E-state index is 12.9. The molecule has 0 aliphatic rings. The molecule has 0 unspecified atom stereocenters. The highest BCUT2D eigenvalue weighted by Crippen LogP contribution is 2.18. The lowest BCUT2D eigenvalue weighted by atomic mass is 10.1. The van der Waals surface area contributed by atoms with Crippen LogP contribution in [0.5, 0.6) is 0 Å². The van der Waals surface area contributed by atoms with Gasteiger partial charge in [0.05, 0.1) is 17.8 Å². The van der Waals surface area contributed by atoms with Crippen molar-refractivity contribution in [3.05, 3.63) is 60.6 Å². The van der Waals surface area contributed by atoms with Crippen LogP contribution in [-0.2, 0) is 9.59 Å². The molecule has 0 radical (unpaired) electrons. The third-order valence-electron chi connectivity index (χ3n) is 5.02. The van der Waals surface area contributed by atoms with E-state index in [2.05, 4.69) is 30.6 Å². The van der Waals surface area contributed by atoms with E-state index in [0.717, 1.165) is 23.9 Å². The highest BCUT2D eigenvalue weighted by molar-refractivity contribution is 6.53. The lowest BCUT2D eigenvalue weighted by Gasteiger charge is -2.11. The maximum Gasteiger partial charge on any atom is 0.275 e. The van der Waals surface area contributed by atoms with Gasteiger partial charge in [-0.1, -0.05) is 37.3 Å². The number of aliphatic imine (C=N–C) groups is 2. The molecule has 11 heteroatoms. The minimum Gasteiger partial charge on any atom is -0.404 e. The number of hydrogen-bond acceptors (Lipinski definition) is 8. The number of carbonyl (C=O) groups is 2. The Balaban J connectivity index is 1.66. The van der Waals surface area contributed by atoms with Gasteiger partial charge in [-0.25, -0.2) is 4.98 Å². The molecule has 2 amide bonds. The van der Waals surface area contributed by atoms with Crippen LogP contribution in [0, 0.1) is 5.41 Å². The van der Waals surface area contributed by atoms with Crippen LogP contribution in [0.25, 0.3) is 17.0 Å². The van der Waals surface area contributed by atoms with Crippen molar-refractivity contribution in [3.8, 4) is 11.3 Å². The Kier molecular flexibility index (Phi) is 9.15. The Hall–Kier alpha value is -4.67. The first-order valence-corrected chi connectivity index (χ1v) is 11.4. The third-order valence-corrected chi connectivity index (χ3v) is 5.02. The van der Waals surface area contributed by atoms with Crippen molar-refractivity contribution < 1.29 is 9.59 Å². The Morgan fingerprint density at radius 2 is 1.94 bits per heavy atom. The van der Waals surface area contributed by atoms with Gasteiger partial charge in [-0.3, -0.25) is 24.0 Å². The van der Waals surface area contributed by atoms with Gasteiger partial charge in [0.15, 0.2) is 0 Å². The summed E-state index contributed by atoms with van der Waals surface area (Å²) in [4.78, 5) is 42.6. The van der Waals surface area contributed by atoms with E-state index in [1.54, 1.807) is 22.9 Å². The second-order valence-electron chi connectivity index (χ2n) is 7.70. The molecule has 36 heavy (non-hydrogen) atoms. The average Bonchev–Trinajstić information content (AvgIpc) is 3.32. The average molecular weight is 488 g/mol. The monoisotopic (exact) mass is 487 g/mol. The predicted molar refractivity (Wildman–Crippen MR) is 142 cm³/mol. The van der Waals surface area contributed by atoms with Gasteiger partial charge in [0.2, 0.25) is 5.78 Å². The van der Waals surface area contributed by atoms with Crippen LogP contribution < -0.4 is 16.4 Å². The standard InChI is InChI=1S/C25H29N9O2/c1-3-11-29-12-9-18(27)15-30-23(35)19(14-26)22(28-2)24(36)32-21-10-13-34-16-20(31-25(34)33-21)17-7-5-4-6-8-17/h4-8,10,12-14,16,27H,3,9,11,15,26H2,1-2H3,(H,30,35)(H,31,32,33,36). The van der Waals surface area contributed by atoms with E-state index in [4.69, 9.17) is 11.1 Å². The van der Waals surface area contributed by atoms with Gasteiger partial charge in [0.25, 0.3) is 11.8 Å². The minimum atomic E-state index is -0.655. The zero-order valence-electron chi connectivity index (χ0n) is 20.2. The summed E-state index contributed by atoms with van der Waals surface area (Å²) in [7, 11) is 1.38. The minimum absolute atomic E-state index is 0.00517. The van der Waals surface area contributed by atoms with E-state index in [0.29, 0.717) is 18.7 Å². The Morgan fingerprint density at radius 3 is 2.64 bits per heavy atom. The number of fused-ring (bicyclic) bond motifs is 1. The summed E-state index contributed by atoms with van der Waals surface area (Å²) in [6.07, 6.45) is 7.48. The number of hydrogen-bond donors (Lipinski definition) is 4. The van der Waals surface area contributed by atoms with Crippen molar-refractivity contribution >= 4 is 41.0 Å². The van der Waals surface area contributed by atoms with E-state index in [9.17, 15) is 9.59 Å². The van der Waals surface area contributed by atoms with Crippen molar-refractivity contribution in [2.45, 2.75) is 19.8 Å². The molecule has 11 nitrogen and oxygen atoms in total. The van der Waals surface area contributed by atoms with Crippen molar-refractivity contribution in [1.29, 1.82) is 5.41 Å². The molecule has 0 aliphatic carbocycles. The Bertz CT molecular complexity index is 1320. The van der Waals surface area contributed by atoms with Gasteiger partial charge in [-0.05, 0) is 12.5 Å². The first kappa shape index (κ1) is 25.9. The number of rotatable bonds is 11. The van der Waals surface area contributed by atoms with Gasteiger partial charge in [-0.15, -0.1) is 0 Å². The van der Waals surface area contributed by atoms with Crippen LogP contribution in [0.15, 0.2) is 70.5 Å². The summed E-state index contributed by atoms with van der Waals surface area (Å²) in [6, 6.07) is 11.3. The number of carbonyl (C=O) groups excluding carboxylic acids is 2. The van der Waals surface area contributed by atoms with Crippen LogP contribution in [0.3, 0.4) is 0 Å². The van der Waals surface area contributed by atoms with E-state index in [-0.39, 0.29) is 29.4 Å². The molecule has 0 bridgehead atoms. The molecule has 1 aromatic carbocycles. The van der Waals surface area contributed by atoms with Crippen LogP contribution in [0.4, 0.5) is 5.82 Å². The van der Waals surface area contributed by atoms with Crippen LogP contribution >= 0.6 is 0 Å². The molecule has 186 valence electrons. The fourth-order valence-corrected chi connectivity index (χ4v) is 3.22. The highest BCUT2D eigenvalue weighted by atomic mass is 16.2. The normalized spacial score (nSPS) is 12.2. The Morgan fingerprint density at radius 1 is 1.17 bits per heavy atom. The smallest absolute Gasteiger partial charge is 0.275 e. The van der Waals surface area contributed by atoms with Gasteiger partial charge in [0.1, 0.15) is 11.5 Å². The zero-order valence-corrected chi connectivity index (χ0v) is 20.2. The molecule has 0 spiro atoms. The van der Waals surface area contributed by atoms with E-state index in [1.807, 2.05) is 43.5 Å². The van der Waals surface area contributed by atoms with E-state index < -0.39 is 11.8 Å². The molecule has 2 heterocycles. The number of nitrogens with one attached hydrogen (secondary N) is 3.